The van der Waals surface area contributed by atoms with Crippen molar-refractivity contribution in [3.8, 4) is 0 Å². The molecule has 1 saturated heterocycles. The molecule has 0 spiro atoms. The smallest absolute Gasteiger partial charge is 0.246 e. The van der Waals surface area contributed by atoms with Gasteiger partial charge in [-0.1, -0.05) is 0 Å². The van der Waals surface area contributed by atoms with Crippen molar-refractivity contribution < 1.29 is 4.79 Å². The normalized spacial score (nSPS) is 20.0. The third-order valence-electron chi connectivity index (χ3n) is 3.23. The van der Waals surface area contributed by atoms with Crippen LogP contribution in [0.4, 0.5) is 5.13 Å². The van der Waals surface area contributed by atoms with E-state index >= 15 is 0 Å². The number of aryl methyl sites for hydroxylation is 2. The third-order valence-corrected chi connectivity index (χ3v) is 4.34. The van der Waals surface area contributed by atoms with Crippen LogP contribution in [0, 0.1) is 13.8 Å². The van der Waals surface area contributed by atoms with Crippen LogP contribution in [-0.4, -0.2) is 55.6 Å². The molecule has 18 heavy (non-hydrogen) atoms. The van der Waals surface area contributed by atoms with E-state index in [-0.39, 0.29) is 11.9 Å². The summed E-state index contributed by atoms with van der Waals surface area (Å²) >= 11 is 1.67. The fourth-order valence-electron chi connectivity index (χ4n) is 2.03. The largest absolute Gasteiger partial charge is 0.347 e. The lowest BCUT2D eigenvalue weighted by Crippen LogP contribution is -2.57. The fourth-order valence-corrected chi connectivity index (χ4v) is 3.02. The van der Waals surface area contributed by atoms with Crippen LogP contribution in [-0.2, 0) is 4.79 Å². The molecule has 100 valence electrons. The molecular weight excluding hydrogens is 248 g/mol. The zero-order chi connectivity index (χ0) is 13.3. The lowest BCUT2D eigenvalue weighted by molar-refractivity contribution is -0.130. The van der Waals surface area contributed by atoms with Crippen molar-refractivity contribution >= 4 is 22.4 Å². The molecule has 6 heteroatoms. The number of hydrogen-bond acceptors (Lipinski definition) is 5. The summed E-state index contributed by atoms with van der Waals surface area (Å²) in [4.78, 5) is 21.8. The highest BCUT2D eigenvalue weighted by atomic mass is 32.1. The van der Waals surface area contributed by atoms with Gasteiger partial charge in [-0.3, -0.25) is 4.79 Å². The molecule has 1 fully saturated rings. The van der Waals surface area contributed by atoms with Gasteiger partial charge < -0.3 is 15.1 Å². The maximum absolute atomic E-state index is 12.2. The Bertz CT molecular complexity index is 424. The van der Waals surface area contributed by atoms with E-state index in [1.165, 1.54) is 4.88 Å². The van der Waals surface area contributed by atoms with E-state index in [0.29, 0.717) is 6.54 Å². The van der Waals surface area contributed by atoms with Gasteiger partial charge in [-0.05, 0) is 13.8 Å². The second-order valence-corrected chi connectivity index (χ2v) is 5.97. The van der Waals surface area contributed by atoms with Crippen molar-refractivity contribution in [2.45, 2.75) is 19.9 Å². The van der Waals surface area contributed by atoms with Gasteiger partial charge >= 0.3 is 0 Å². The van der Waals surface area contributed by atoms with Crippen LogP contribution in [0.5, 0.6) is 0 Å². The molecular formula is C12H20N4OS. The van der Waals surface area contributed by atoms with Gasteiger partial charge in [0.2, 0.25) is 5.91 Å². The Morgan fingerprint density at radius 3 is 2.78 bits per heavy atom. The van der Waals surface area contributed by atoms with Crippen molar-refractivity contribution in [3.63, 3.8) is 0 Å². The maximum Gasteiger partial charge on any atom is 0.246 e. The molecule has 0 bridgehead atoms. The molecule has 0 aliphatic carbocycles. The molecule has 1 unspecified atom stereocenters. The number of hydrogen-bond donors (Lipinski definition) is 1. The third kappa shape index (κ3) is 2.49. The number of piperazine rings is 1. The van der Waals surface area contributed by atoms with Crippen LogP contribution in [0.2, 0.25) is 0 Å². The van der Waals surface area contributed by atoms with Crippen molar-refractivity contribution in [3.05, 3.63) is 10.6 Å². The lowest BCUT2D eigenvalue weighted by Gasteiger charge is -2.36. The number of thiazole rings is 1. The number of rotatable bonds is 2. The highest BCUT2D eigenvalue weighted by molar-refractivity contribution is 7.15. The van der Waals surface area contributed by atoms with E-state index in [1.807, 2.05) is 6.92 Å². The Balaban J connectivity index is 2.25. The Hall–Kier alpha value is -1.14. The first-order valence-corrected chi connectivity index (χ1v) is 6.95. The van der Waals surface area contributed by atoms with Crippen molar-refractivity contribution in [1.29, 1.82) is 0 Å². The number of nitrogens with zero attached hydrogens (tertiary/aromatic N) is 3. The average Bonchev–Trinajstić information content (AvgIpc) is 2.68. The summed E-state index contributed by atoms with van der Waals surface area (Å²) in [5, 5.41) is 4.24. The topological polar surface area (TPSA) is 48.5 Å². The van der Waals surface area contributed by atoms with Gasteiger partial charge in [0.25, 0.3) is 0 Å². The summed E-state index contributed by atoms with van der Waals surface area (Å²) < 4.78 is 0. The zero-order valence-corrected chi connectivity index (χ0v) is 12.2. The number of carbonyl (C=O) groups is 1. The number of nitrogens with one attached hydrogen (secondary N) is 1. The second kappa shape index (κ2) is 5.24. The summed E-state index contributed by atoms with van der Waals surface area (Å²) in [5.41, 5.74) is 1.06. The van der Waals surface area contributed by atoms with Gasteiger partial charge in [-0.2, -0.15) is 0 Å². The van der Waals surface area contributed by atoms with E-state index in [2.05, 4.69) is 22.1 Å². The predicted octanol–water partition coefficient (Wildman–Crippen LogP) is 0.626. The minimum atomic E-state index is -0.140. The lowest BCUT2D eigenvalue weighted by atomic mass is 10.2. The van der Waals surface area contributed by atoms with Gasteiger partial charge in [0.1, 0.15) is 6.04 Å². The minimum absolute atomic E-state index is 0.132. The first-order chi connectivity index (χ1) is 8.50. The Labute approximate surface area is 112 Å². The summed E-state index contributed by atoms with van der Waals surface area (Å²) in [7, 11) is 3.60. The van der Waals surface area contributed by atoms with Crippen LogP contribution in [0.25, 0.3) is 0 Å². The molecule has 5 nitrogen and oxygen atoms in total. The summed E-state index contributed by atoms with van der Waals surface area (Å²) in [6, 6.07) is -0.140. The zero-order valence-electron chi connectivity index (χ0n) is 11.4. The van der Waals surface area contributed by atoms with E-state index in [1.54, 1.807) is 30.3 Å². The highest BCUT2D eigenvalue weighted by Gasteiger charge is 2.31. The Kier molecular flexibility index (Phi) is 3.87. The van der Waals surface area contributed by atoms with Crippen molar-refractivity contribution in [2.75, 3.05) is 38.6 Å². The van der Waals surface area contributed by atoms with Crippen LogP contribution < -0.4 is 10.2 Å². The summed E-state index contributed by atoms with van der Waals surface area (Å²) in [6.45, 7) is 6.50. The Morgan fingerprint density at radius 1 is 1.50 bits per heavy atom. The van der Waals surface area contributed by atoms with Crippen LogP contribution in [0.3, 0.4) is 0 Å². The summed E-state index contributed by atoms with van der Waals surface area (Å²) in [6.07, 6.45) is 0. The van der Waals surface area contributed by atoms with Crippen LogP contribution in [0.15, 0.2) is 0 Å². The SMILES string of the molecule is Cc1nc(N2CCNCC2C(=O)N(C)C)sc1C. The number of likely N-dealkylation sites (N-methyl/N-ethyl adjacent to an activating group) is 1. The first-order valence-electron chi connectivity index (χ1n) is 6.13. The molecule has 1 N–H and O–H groups in total. The fraction of sp³-hybridized carbons (Fsp3) is 0.667. The van der Waals surface area contributed by atoms with Gasteiger partial charge in [0.05, 0.1) is 5.69 Å². The number of aromatic nitrogens is 1. The van der Waals surface area contributed by atoms with Crippen molar-refractivity contribution in [2.24, 2.45) is 0 Å². The van der Waals surface area contributed by atoms with Crippen LogP contribution in [0.1, 0.15) is 10.6 Å². The molecule has 1 amide bonds. The van der Waals surface area contributed by atoms with Gasteiger partial charge in [-0.15, -0.1) is 11.3 Å². The summed E-state index contributed by atoms with van der Waals surface area (Å²) in [5.74, 6) is 0.132. The molecule has 0 aromatic carbocycles. The van der Waals surface area contributed by atoms with E-state index in [0.717, 1.165) is 23.9 Å². The van der Waals surface area contributed by atoms with Gasteiger partial charge in [0, 0.05) is 38.6 Å². The first kappa shape index (κ1) is 13.3. The molecule has 1 aromatic rings. The molecule has 2 heterocycles. The van der Waals surface area contributed by atoms with E-state index in [4.69, 9.17) is 0 Å². The van der Waals surface area contributed by atoms with Crippen molar-refractivity contribution in [1.82, 2.24) is 15.2 Å². The molecule has 1 aliphatic rings. The van der Waals surface area contributed by atoms with Crippen LogP contribution >= 0.6 is 11.3 Å². The highest BCUT2D eigenvalue weighted by Crippen LogP contribution is 2.27. The Morgan fingerprint density at radius 2 is 2.22 bits per heavy atom. The molecule has 0 saturated carbocycles. The van der Waals surface area contributed by atoms with Gasteiger partial charge in [-0.25, -0.2) is 4.98 Å². The molecule has 1 atom stereocenters. The second-order valence-electron chi connectivity index (χ2n) is 4.78. The standard InChI is InChI=1S/C12H20N4OS/c1-8-9(2)18-12(14-8)16-6-5-13-7-10(16)11(17)15(3)4/h10,13H,5-7H2,1-4H3. The molecule has 2 rings (SSSR count). The van der Waals surface area contributed by atoms with E-state index in [9.17, 15) is 4.79 Å². The number of anilines is 1. The minimum Gasteiger partial charge on any atom is -0.347 e. The average molecular weight is 268 g/mol. The molecule has 1 aromatic heterocycles. The maximum atomic E-state index is 12.2. The molecule has 1 aliphatic heterocycles. The van der Waals surface area contributed by atoms with Gasteiger partial charge in [0.15, 0.2) is 5.13 Å². The number of amides is 1. The monoisotopic (exact) mass is 268 g/mol. The predicted molar refractivity (Wildman–Crippen MR) is 74.3 cm³/mol. The quantitative estimate of drug-likeness (QED) is 0.854. The number of carbonyl (C=O) groups excluding carboxylic acids is 1. The van der Waals surface area contributed by atoms with E-state index < -0.39 is 0 Å². The molecule has 0 radical (unpaired) electrons.